The number of nitrogens with two attached hydrogens (primary N) is 1. The van der Waals surface area contributed by atoms with Crippen LogP contribution in [0, 0.1) is 0 Å². The summed E-state index contributed by atoms with van der Waals surface area (Å²) >= 11 is 0. The third-order valence-electron chi connectivity index (χ3n) is 3.89. The summed E-state index contributed by atoms with van der Waals surface area (Å²) < 4.78 is 5.79. The van der Waals surface area contributed by atoms with E-state index in [0.717, 1.165) is 10.6 Å². The zero-order valence-corrected chi connectivity index (χ0v) is 13.7. The number of anilines is 1. The molecule has 0 atom stereocenters. The summed E-state index contributed by atoms with van der Waals surface area (Å²) in [6.07, 6.45) is -0.0698. The van der Waals surface area contributed by atoms with Gasteiger partial charge >= 0.3 is 5.97 Å². The first kappa shape index (κ1) is 17.2. The minimum atomic E-state index is -0.724. The van der Waals surface area contributed by atoms with Crippen molar-refractivity contribution in [3.63, 3.8) is 0 Å². The van der Waals surface area contributed by atoms with E-state index in [2.05, 4.69) is 5.32 Å². The molecule has 2 aromatic rings. The first-order valence-electron chi connectivity index (χ1n) is 7.72. The van der Waals surface area contributed by atoms with Crippen molar-refractivity contribution in [3.8, 4) is 11.4 Å². The van der Waals surface area contributed by atoms with Crippen molar-refractivity contribution in [3.05, 3.63) is 51.3 Å². The Morgan fingerprint density at radius 1 is 1.23 bits per heavy atom. The number of ether oxygens (including phenoxy) is 1. The largest absolute Gasteiger partial charge is 0.506 e. The minimum absolute atomic E-state index is 0.00996. The molecule has 1 aliphatic heterocycles. The number of phenolic OH excluding ortho intramolecular Hbond substituents is 1. The second-order valence-corrected chi connectivity index (χ2v) is 5.58. The molecular formula is C17H15N3O6. The Labute approximate surface area is 147 Å². The lowest BCUT2D eigenvalue weighted by Gasteiger charge is -2.14. The zero-order chi connectivity index (χ0) is 19.0. The van der Waals surface area contributed by atoms with Gasteiger partial charge in [-0.05, 0) is 24.6 Å². The van der Waals surface area contributed by atoms with Gasteiger partial charge in [-0.15, -0.1) is 0 Å². The summed E-state index contributed by atoms with van der Waals surface area (Å²) in [4.78, 5) is 47.7. The number of aromatic nitrogens is 1. The predicted octanol–water partition coefficient (Wildman–Crippen LogP) is 0.114. The monoisotopic (exact) mass is 357 g/mol. The standard InChI is InChI=1S/C17H15N3O6/c1-2-26-13(23)6-8-3-4-11(21)10(5-8)20-12(22)7-9-14(15(20)18)17(25)19-16(9)24/h3-5,7,21H,2,6,18H2,1H3,(H,19,24,25). The van der Waals surface area contributed by atoms with Gasteiger partial charge in [0.1, 0.15) is 11.6 Å². The lowest BCUT2D eigenvalue weighted by atomic mass is 10.1. The number of hydrogen-bond acceptors (Lipinski definition) is 7. The fraction of sp³-hybridized carbons (Fsp3) is 0.176. The molecule has 1 aromatic heterocycles. The van der Waals surface area contributed by atoms with Crippen molar-refractivity contribution < 1.29 is 24.2 Å². The van der Waals surface area contributed by atoms with E-state index >= 15 is 0 Å². The molecule has 2 heterocycles. The van der Waals surface area contributed by atoms with Crippen LogP contribution in [0.5, 0.6) is 5.75 Å². The number of amides is 2. The molecule has 4 N–H and O–H groups in total. The van der Waals surface area contributed by atoms with Crippen molar-refractivity contribution in [2.24, 2.45) is 0 Å². The Balaban J connectivity index is 2.14. The molecule has 9 nitrogen and oxygen atoms in total. The average molecular weight is 357 g/mol. The van der Waals surface area contributed by atoms with Crippen LogP contribution in [0.4, 0.5) is 5.82 Å². The Bertz CT molecular complexity index is 1010. The molecule has 3 rings (SSSR count). The SMILES string of the molecule is CCOC(=O)Cc1ccc(O)c(-n2c(N)c3c(cc2=O)C(=O)NC3=O)c1. The number of rotatable bonds is 4. The fourth-order valence-electron chi connectivity index (χ4n) is 2.76. The highest BCUT2D eigenvalue weighted by molar-refractivity contribution is 6.23. The number of phenols is 1. The summed E-state index contributed by atoms with van der Waals surface area (Å²) in [6.45, 7) is 1.90. The summed E-state index contributed by atoms with van der Waals surface area (Å²) in [5.41, 5.74) is 5.45. The van der Waals surface area contributed by atoms with Crippen molar-refractivity contribution in [2.45, 2.75) is 13.3 Å². The van der Waals surface area contributed by atoms with E-state index in [1.54, 1.807) is 6.92 Å². The van der Waals surface area contributed by atoms with Crippen LogP contribution in [0.3, 0.4) is 0 Å². The summed E-state index contributed by atoms with van der Waals surface area (Å²) in [6, 6.07) is 5.17. The number of nitrogen functional groups attached to an aromatic ring is 1. The van der Waals surface area contributed by atoms with Gasteiger partial charge < -0.3 is 15.6 Å². The summed E-state index contributed by atoms with van der Waals surface area (Å²) in [5, 5.41) is 12.2. The van der Waals surface area contributed by atoms with E-state index in [9.17, 15) is 24.3 Å². The number of carbonyl (C=O) groups is 3. The number of esters is 1. The molecular weight excluding hydrogens is 342 g/mol. The van der Waals surface area contributed by atoms with Crippen LogP contribution in [0.1, 0.15) is 33.2 Å². The average Bonchev–Trinajstić information content (AvgIpc) is 2.84. The van der Waals surface area contributed by atoms with Crippen LogP contribution in [0.2, 0.25) is 0 Å². The van der Waals surface area contributed by atoms with Gasteiger partial charge in [0, 0.05) is 6.07 Å². The number of benzene rings is 1. The van der Waals surface area contributed by atoms with Gasteiger partial charge in [-0.2, -0.15) is 0 Å². The van der Waals surface area contributed by atoms with Gasteiger partial charge in [-0.1, -0.05) is 6.07 Å². The van der Waals surface area contributed by atoms with Crippen molar-refractivity contribution in [1.29, 1.82) is 0 Å². The maximum absolute atomic E-state index is 12.4. The molecule has 0 aliphatic carbocycles. The smallest absolute Gasteiger partial charge is 0.310 e. The Morgan fingerprint density at radius 3 is 2.65 bits per heavy atom. The quantitative estimate of drug-likeness (QED) is 0.521. The number of pyridine rings is 1. The van der Waals surface area contributed by atoms with Gasteiger partial charge in [-0.25, -0.2) is 0 Å². The maximum Gasteiger partial charge on any atom is 0.310 e. The predicted molar refractivity (Wildman–Crippen MR) is 90.2 cm³/mol. The van der Waals surface area contributed by atoms with Crippen LogP contribution in [0.15, 0.2) is 29.1 Å². The maximum atomic E-state index is 12.4. The summed E-state index contributed by atoms with van der Waals surface area (Å²) in [7, 11) is 0. The van der Waals surface area contributed by atoms with Gasteiger partial charge in [0.25, 0.3) is 17.4 Å². The van der Waals surface area contributed by atoms with Crippen LogP contribution in [-0.4, -0.2) is 34.1 Å². The van der Waals surface area contributed by atoms with Gasteiger partial charge in [0.05, 0.1) is 29.8 Å². The lowest BCUT2D eigenvalue weighted by molar-refractivity contribution is -0.142. The van der Waals surface area contributed by atoms with Crippen molar-refractivity contribution in [2.75, 3.05) is 12.3 Å². The first-order valence-corrected chi connectivity index (χ1v) is 7.72. The van der Waals surface area contributed by atoms with E-state index in [4.69, 9.17) is 10.5 Å². The highest BCUT2D eigenvalue weighted by Gasteiger charge is 2.32. The highest BCUT2D eigenvalue weighted by atomic mass is 16.5. The number of aromatic hydroxyl groups is 1. The number of imide groups is 1. The molecule has 0 saturated heterocycles. The van der Waals surface area contributed by atoms with Crippen LogP contribution in [-0.2, 0) is 16.0 Å². The molecule has 9 heteroatoms. The number of hydrogen-bond donors (Lipinski definition) is 3. The zero-order valence-electron chi connectivity index (χ0n) is 13.7. The van der Waals surface area contributed by atoms with E-state index in [0.29, 0.717) is 5.56 Å². The lowest BCUT2D eigenvalue weighted by Crippen LogP contribution is -2.24. The van der Waals surface area contributed by atoms with Gasteiger partial charge in [0.15, 0.2) is 0 Å². The Hall–Kier alpha value is -3.62. The van der Waals surface area contributed by atoms with Crippen LogP contribution in [0.25, 0.3) is 5.69 Å². The number of fused-ring (bicyclic) bond motifs is 1. The van der Waals surface area contributed by atoms with Gasteiger partial charge in [-0.3, -0.25) is 29.1 Å². The number of carbonyl (C=O) groups excluding carboxylic acids is 3. The Morgan fingerprint density at radius 2 is 1.96 bits per heavy atom. The van der Waals surface area contributed by atoms with E-state index in [1.807, 2.05) is 0 Å². The Kier molecular flexibility index (Phi) is 4.21. The number of nitrogens with one attached hydrogen (secondary N) is 1. The molecule has 0 saturated carbocycles. The van der Waals surface area contributed by atoms with E-state index in [1.165, 1.54) is 18.2 Å². The number of nitrogens with zero attached hydrogens (tertiary/aromatic N) is 1. The third-order valence-corrected chi connectivity index (χ3v) is 3.89. The first-order chi connectivity index (χ1) is 12.3. The second-order valence-electron chi connectivity index (χ2n) is 5.58. The molecule has 0 spiro atoms. The van der Waals surface area contributed by atoms with E-state index in [-0.39, 0.29) is 41.4 Å². The normalized spacial score (nSPS) is 12.7. The molecule has 0 bridgehead atoms. The van der Waals surface area contributed by atoms with Gasteiger partial charge in [0.2, 0.25) is 0 Å². The fourth-order valence-corrected chi connectivity index (χ4v) is 2.76. The molecule has 2 amide bonds. The molecule has 0 fully saturated rings. The van der Waals surface area contributed by atoms with Crippen LogP contribution >= 0.6 is 0 Å². The molecule has 1 aliphatic rings. The summed E-state index contributed by atoms with van der Waals surface area (Å²) in [5.74, 6) is -2.46. The molecule has 0 radical (unpaired) electrons. The second kappa shape index (κ2) is 6.36. The van der Waals surface area contributed by atoms with Crippen molar-refractivity contribution >= 4 is 23.6 Å². The molecule has 1 aromatic carbocycles. The highest BCUT2D eigenvalue weighted by Crippen LogP contribution is 2.28. The van der Waals surface area contributed by atoms with Crippen molar-refractivity contribution in [1.82, 2.24) is 9.88 Å². The van der Waals surface area contributed by atoms with E-state index < -0.39 is 23.3 Å². The molecule has 26 heavy (non-hydrogen) atoms. The topological polar surface area (TPSA) is 141 Å². The third kappa shape index (κ3) is 2.79. The molecule has 0 unspecified atom stereocenters. The van der Waals surface area contributed by atoms with Crippen LogP contribution < -0.4 is 16.6 Å². The molecule has 134 valence electrons. The minimum Gasteiger partial charge on any atom is -0.506 e.